The number of para-hydroxylation sites is 2. The van der Waals surface area contributed by atoms with Crippen molar-refractivity contribution >= 4 is 50.5 Å². The summed E-state index contributed by atoms with van der Waals surface area (Å²) in [6, 6.07) is 10.3. The van der Waals surface area contributed by atoms with E-state index in [1.807, 2.05) is 6.92 Å². The molecule has 0 spiro atoms. The first-order valence-corrected chi connectivity index (χ1v) is 10.7. The summed E-state index contributed by atoms with van der Waals surface area (Å²) >= 11 is 11.9. The maximum atomic E-state index is 12.8. The molecule has 0 aliphatic rings. The molecule has 0 aliphatic carbocycles. The fourth-order valence-corrected chi connectivity index (χ4v) is 3.98. The number of carbonyl (C=O) groups excluding carboxylic acids is 1. The molecule has 2 aromatic carbocycles. The lowest BCUT2D eigenvalue weighted by atomic mass is 10.2. The number of benzene rings is 2. The molecule has 0 fully saturated rings. The van der Waals surface area contributed by atoms with Gasteiger partial charge in [0, 0.05) is 0 Å². The highest BCUT2D eigenvalue weighted by molar-refractivity contribution is 7.92. The summed E-state index contributed by atoms with van der Waals surface area (Å²) in [4.78, 5) is 12.8. The van der Waals surface area contributed by atoms with Crippen LogP contribution in [-0.2, 0) is 14.8 Å². The predicted octanol–water partition coefficient (Wildman–Crippen LogP) is 4.19. The van der Waals surface area contributed by atoms with E-state index in [2.05, 4.69) is 5.32 Å². The molecule has 0 saturated heterocycles. The van der Waals surface area contributed by atoms with Crippen molar-refractivity contribution in [2.75, 3.05) is 22.5 Å². The highest BCUT2D eigenvalue weighted by Gasteiger charge is 2.30. The molecule has 0 aliphatic heterocycles. The lowest BCUT2D eigenvalue weighted by Crippen LogP contribution is -2.45. The van der Waals surface area contributed by atoms with Crippen LogP contribution in [0.1, 0.15) is 13.8 Å². The topological polar surface area (TPSA) is 75.7 Å². The van der Waals surface area contributed by atoms with Crippen LogP contribution in [0.5, 0.6) is 5.75 Å². The molecule has 0 aromatic heterocycles. The molecule has 0 unspecified atom stereocenters. The fraction of sp³-hybridized carbons (Fsp3) is 0.278. The molecule has 9 heteroatoms. The molecule has 27 heavy (non-hydrogen) atoms. The van der Waals surface area contributed by atoms with Gasteiger partial charge in [-0.05, 0) is 44.2 Å². The van der Waals surface area contributed by atoms with Gasteiger partial charge in [-0.25, -0.2) is 8.42 Å². The number of sulfonamides is 1. The molecule has 1 N–H and O–H groups in total. The molecule has 0 bridgehead atoms. The molecular formula is C18H20Cl2N2O4S. The number of halogens is 2. The molecule has 0 saturated carbocycles. The number of anilines is 2. The Kier molecular flexibility index (Phi) is 6.97. The van der Waals surface area contributed by atoms with Crippen molar-refractivity contribution in [1.82, 2.24) is 0 Å². The van der Waals surface area contributed by atoms with Crippen LogP contribution in [0.4, 0.5) is 11.4 Å². The molecule has 0 heterocycles. The van der Waals surface area contributed by atoms with Gasteiger partial charge in [-0.1, -0.05) is 35.3 Å². The molecule has 146 valence electrons. The Balaban J connectivity index is 2.34. The number of nitrogens with one attached hydrogen (secondary N) is 1. The second-order valence-corrected chi connectivity index (χ2v) is 8.43. The first-order chi connectivity index (χ1) is 12.6. The molecule has 6 nitrogen and oxygen atoms in total. The van der Waals surface area contributed by atoms with Gasteiger partial charge in [0.2, 0.25) is 15.9 Å². The number of amides is 1. The van der Waals surface area contributed by atoms with E-state index < -0.39 is 22.0 Å². The van der Waals surface area contributed by atoms with Gasteiger partial charge in [-0.15, -0.1) is 0 Å². The van der Waals surface area contributed by atoms with E-state index >= 15 is 0 Å². The first kappa shape index (κ1) is 21.3. The van der Waals surface area contributed by atoms with Crippen LogP contribution >= 0.6 is 23.2 Å². The molecule has 1 atom stereocenters. The maximum absolute atomic E-state index is 12.8. The predicted molar refractivity (Wildman–Crippen MR) is 109 cm³/mol. The number of hydrogen-bond donors (Lipinski definition) is 1. The Morgan fingerprint density at radius 2 is 1.85 bits per heavy atom. The van der Waals surface area contributed by atoms with Crippen molar-refractivity contribution in [2.24, 2.45) is 0 Å². The third kappa shape index (κ3) is 5.28. The second-order valence-electron chi connectivity index (χ2n) is 5.75. The van der Waals surface area contributed by atoms with Gasteiger partial charge in [-0.2, -0.15) is 0 Å². The summed E-state index contributed by atoms with van der Waals surface area (Å²) in [5, 5.41) is 3.19. The number of nitrogens with zero attached hydrogens (tertiary/aromatic N) is 1. The van der Waals surface area contributed by atoms with Gasteiger partial charge < -0.3 is 10.1 Å². The summed E-state index contributed by atoms with van der Waals surface area (Å²) in [5.41, 5.74) is 0.700. The summed E-state index contributed by atoms with van der Waals surface area (Å²) in [6.07, 6.45) is 1.02. The van der Waals surface area contributed by atoms with Gasteiger partial charge in [0.1, 0.15) is 11.8 Å². The van der Waals surface area contributed by atoms with E-state index in [9.17, 15) is 13.2 Å². The van der Waals surface area contributed by atoms with Crippen LogP contribution in [0.15, 0.2) is 42.5 Å². The Bertz CT molecular complexity index is 935. The zero-order valence-corrected chi connectivity index (χ0v) is 17.4. The van der Waals surface area contributed by atoms with Gasteiger partial charge in [0.05, 0.1) is 34.3 Å². The number of hydrogen-bond acceptors (Lipinski definition) is 4. The molecule has 1 amide bonds. The van der Waals surface area contributed by atoms with Gasteiger partial charge in [0.25, 0.3) is 0 Å². The van der Waals surface area contributed by atoms with Crippen LogP contribution in [0.3, 0.4) is 0 Å². The standard InChI is InChI=1S/C18H20Cl2N2O4S/c1-4-26-17-8-6-5-7-16(17)21-18(23)12(2)22(27(3,24)25)13-9-10-14(19)15(20)11-13/h5-12H,4H2,1-3H3,(H,21,23)/t12-/m0/s1. The molecule has 0 radical (unpaired) electrons. The minimum atomic E-state index is -3.76. The van der Waals surface area contributed by atoms with E-state index in [1.165, 1.54) is 25.1 Å². The lowest BCUT2D eigenvalue weighted by Gasteiger charge is -2.28. The average molecular weight is 431 g/mol. The Hall–Kier alpha value is -1.96. The van der Waals surface area contributed by atoms with E-state index in [4.69, 9.17) is 27.9 Å². The van der Waals surface area contributed by atoms with Crippen LogP contribution in [-0.4, -0.2) is 33.2 Å². The minimum absolute atomic E-state index is 0.192. The van der Waals surface area contributed by atoms with E-state index in [1.54, 1.807) is 24.3 Å². The minimum Gasteiger partial charge on any atom is -0.492 e. The number of ether oxygens (including phenoxy) is 1. The smallest absolute Gasteiger partial charge is 0.248 e. The maximum Gasteiger partial charge on any atom is 0.248 e. The van der Waals surface area contributed by atoms with Crippen molar-refractivity contribution in [3.05, 3.63) is 52.5 Å². The Labute approximate surface area is 169 Å². The van der Waals surface area contributed by atoms with Gasteiger partial charge in [-0.3, -0.25) is 9.10 Å². The van der Waals surface area contributed by atoms with Gasteiger partial charge in [0.15, 0.2) is 0 Å². The van der Waals surface area contributed by atoms with E-state index in [-0.39, 0.29) is 15.7 Å². The second kappa shape index (κ2) is 8.82. The van der Waals surface area contributed by atoms with Crippen molar-refractivity contribution in [3.63, 3.8) is 0 Å². The van der Waals surface area contributed by atoms with Crippen LogP contribution < -0.4 is 14.4 Å². The largest absolute Gasteiger partial charge is 0.492 e. The lowest BCUT2D eigenvalue weighted by molar-refractivity contribution is -0.116. The Morgan fingerprint density at radius 3 is 2.44 bits per heavy atom. The normalized spacial score (nSPS) is 12.3. The summed E-state index contributed by atoms with van der Waals surface area (Å²) in [6.45, 7) is 3.75. The highest BCUT2D eigenvalue weighted by Crippen LogP contribution is 2.30. The van der Waals surface area contributed by atoms with Crippen molar-refractivity contribution in [3.8, 4) is 5.75 Å². The summed E-state index contributed by atoms with van der Waals surface area (Å²) in [5.74, 6) is -0.0142. The summed E-state index contributed by atoms with van der Waals surface area (Å²) < 4.78 is 31.2. The third-order valence-electron chi connectivity index (χ3n) is 3.69. The van der Waals surface area contributed by atoms with Crippen LogP contribution in [0.25, 0.3) is 0 Å². The number of carbonyl (C=O) groups is 1. The zero-order chi connectivity index (χ0) is 20.2. The fourth-order valence-electron chi connectivity index (χ4n) is 2.52. The molecular weight excluding hydrogens is 411 g/mol. The molecule has 2 aromatic rings. The first-order valence-electron chi connectivity index (χ1n) is 8.12. The third-order valence-corrected chi connectivity index (χ3v) is 5.67. The van der Waals surface area contributed by atoms with E-state index in [0.717, 1.165) is 10.6 Å². The quantitative estimate of drug-likeness (QED) is 0.714. The molecule has 2 rings (SSSR count). The Morgan fingerprint density at radius 1 is 1.19 bits per heavy atom. The van der Waals surface area contributed by atoms with Crippen molar-refractivity contribution in [1.29, 1.82) is 0 Å². The SMILES string of the molecule is CCOc1ccccc1NC(=O)[C@H](C)N(c1ccc(Cl)c(Cl)c1)S(C)(=O)=O. The zero-order valence-electron chi connectivity index (χ0n) is 15.1. The average Bonchev–Trinajstić information content (AvgIpc) is 2.59. The van der Waals surface area contributed by atoms with Crippen molar-refractivity contribution < 1.29 is 17.9 Å². The van der Waals surface area contributed by atoms with E-state index in [0.29, 0.717) is 18.0 Å². The van der Waals surface area contributed by atoms with Crippen LogP contribution in [0.2, 0.25) is 10.0 Å². The monoisotopic (exact) mass is 430 g/mol. The number of rotatable bonds is 7. The summed E-state index contributed by atoms with van der Waals surface area (Å²) in [7, 11) is -3.76. The highest BCUT2D eigenvalue weighted by atomic mass is 35.5. The van der Waals surface area contributed by atoms with Crippen LogP contribution in [0, 0.1) is 0 Å². The van der Waals surface area contributed by atoms with Crippen molar-refractivity contribution in [2.45, 2.75) is 19.9 Å². The van der Waals surface area contributed by atoms with Gasteiger partial charge >= 0.3 is 0 Å².